The summed E-state index contributed by atoms with van der Waals surface area (Å²) in [7, 11) is 1.82. The van der Waals surface area contributed by atoms with Gasteiger partial charge in [0.25, 0.3) is 0 Å². The third-order valence-electron chi connectivity index (χ3n) is 2.04. The summed E-state index contributed by atoms with van der Waals surface area (Å²) in [6.07, 6.45) is 3.51. The highest BCUT2D eigenvalue weighted by Gasteiger charge is 2.03. The van der Waals surface area contributed by atoms with Gasteiger partial charge in [0.15, 0.2) is 0 Å². The fraction of sp³-hybridized carbons (Fsp3) is 0.100. The molecule has 0 bridgehead atoms. The van der Waals surface area contributed by atoms with Crippen molar-refractivity contribution in [2.45, 2.75) is 0 Å². The van der Waals surface area contributed by atoms with E-state index >= 15 is 0 Å². The maximum atomic E-state index is 13.1. The van der Waals surface area contributed by atoms with Crippen molar-refractivity contribution in [3.63, 3.8) is 0 Å². The Morgan fingerprint density at radius 2 is 2.14 bits per heavy atom. The molecule has 1 heterocycles. The molecule has 0 spiro atoms. The van der Waals surface area contributed by atoms with Crippen molar-refractivity contribution in [1.29, 1.82) is 0 Å². The number of nitrogens with two attached hydrogens (primary N) is 1. The van der Waals surface area contributed by atoms with Crippen molar-refractivity contribution < 1.29 is 4.39 Å². The van der Waals surface area contributed by atoms with Crippen LogP contribution in [0.3, 0.4) is 0 Å². The zero-order valence-corrected chi connectivity index (χ0v) is 7.74. The highest BCUT2D eigenvalue weighted by atomic mass is 19.1. The second-order valence-corrected chi connectivity index (χ2v) is 3.14. The van der Waals surface area contributed by atoms with Crippen LogP contribution >= 0.6 is 0 Å². The summed E-state index contributed by atoms with van der Waals surface area (Å²) >= 11 is 0. The zero-order valence-electron chi connectivity index (χ0n) is 7.74. The number of hydrogen-bond donors (Lipinski definition) is 1. The van der Waals surface area contributed by atoms with Crippen LogP contribution in [-0.4, -0.2) is 9.78 Å². The lowest BCUT2D eigenvalue weighted by Gasteiger charge is -1.99. The van der Waals surface area contributed by atoms with E-state index in [9.17, 15) is 4.39 Å². The van der Waals surface area contributed by atoms with Gasteiger partial charge >= 0.3 is 0 Å². The Morgan fingerprint density at radius 1 is 1.36 bits per heavy atom. The minimum absolute atomic E-state index is 0.164. The van der Waals surface area contributed by atoms with E-state index in [4.69, 9.17) is 5.73 Å². The topological polar surface area (TPSA) is 43.8 Å². The lowest BCUT2D eigenvalue weighted by atomic mass is 10.1. The first-order chi connectivity index (χ1) is 6.66. The van der Waals surface area contributed by atoms with Gasteiger partial charge in [-0.3, -0.25) is 4.68 Å². The Kier molecular flexibility index (Phi) is 1.96. The second-order valence-electron chi connectivity index (χ2n) is 3.14. The van der Waals surface area contributed by atoms with E-state index in [1.54, 1.807) is 23.0 Å². The van der Waals surface area contributed by atoms with Gasteiger partial charge in [-0.15, -0.1) is 0 Å². The van der Waals surface area contributed by atoms with Gasteiger partial charge in [-0.25, -0.2) is 4.39 Å². The molecule has 2 N–H and O–H groups in total. The Labute approximate surface area is 81.0 Å². The minimum atomic E-state index is -0.397. The summed E-state index contributed by atoms with van der Waals surface area (Å²) in [5.74, 6) is -0.397. The zero-order chi connectivity index (χ0) is 10.1. The molecule has 14 heavy (non-hydrogen) atoms. The molecule has 0 aliphatic carbocycles. The molecule has 0 atom stereocenters. The summed E-state index contributed by atoms with van der Waals surface area (Å²) in [5.41, 5.74) is 7.20. The number of benzene rings is 1. The van der Waals surface area contributed by atoms with Crippen LogP contribution in [-0.2, 0) is 7.05 Å². The van der Waals surface area contributed by atoms with Gasteiger partial charge in [-0.2, -0.15) is 5.10 Å². The lowest BCUT2D eigenvalue weighted by Crippen LogP contribution is -1.90. The summed E-state index contributed by atoms with van der Waals surface area (Å²) in [6.45, 7) is 0. The number of halogens is 1. The normalized spacial score (nSPS) is 10.4. The van der Waals surface area contributed by atoms with E-state index in [2.05, 4.69) is 5.10 Å². The number of nitrogens with zero attached hydrogens (tertiary/aromatic N) is 2. The molecule has 0 aliphatic rings. The van der Waals surface area contributed by atoms with Crippen LogP contribution in [0.4, 0.5) is 10.1 Å². The molecule has 0 fully saturated rings. The molecule has 0 amide bonds. The maximum absolute atomic E-state index is 13.1. The lowest BCUT2D eigenvalue weighted by molar-refractivity contribution is 0.633. The fourth-order valence-corrected chi connectivity index (χ4v) is 1.28. The van der Waals surface area contributed by atoms with Crippen LogP contribution in [0.2, 0.25) is 0 Å². The number of aryl methyl sites for hydroxylation is 1. The van der Waals surface area contributed by atoms with Gasteiger partial charge in [0.2, 0.25) is 0 Å². The molecule has 0 saturated carbocycles. The molecule has 4 heteroatoms. The Morgan fingerprint density at radius 3 is 2.71 bits per heavy atom. The molecular formula is C10H10FN3. The van der Waals surface area contributed by atoms with Gasteiger partial charge in [-0.1, -0.05) is 6.07 Å². The minimum Gasteiger partial charge on any atom is -0.396 e. The number of hydrogen-bond acceptors (Lipinski definition) is 2. The monoisotopic (exact) mass is 191 g/mol. The molecule has 2 aromatic rings. The van der Waals surface area contributed by atoms with Crippen molar-refractivity contribution in [3.8, 4) is 11.1 Å². The molecule has 2 rings (SSSR count). The largest absolute Gasteiger partial charge is 0.396 e. The molecule has 3 nitrogen and oxygen atoms in total. The SMILES string of the molecule is Cn1cc(-c2ccc(N)c(F)c2)cn1. The summed E-state index contributed by atoms with van der Waals surface area (Å²) in [4.78, 5) is 0. The number of nitrogen functional groups attached to an aromatic ring is 1. The van der Waals surface area contributed by atoms with Crippen molar-refractivity contribution in [2.75, 3.05) is 5.73 Å². The molecule has 0 aliphatic heterocycles. The van der Waals surface area contributed by atoms with E-state index < -0.39 is 5.82 Å². The van der Waals surface area contributed by atoms with Crippen LogP contribution in [0.15, 0.2) is 30.6 Å². The van der Waals surface area contributed by atoms with E-state index in [1.165, 1.54) is 6.07 Å². The van der Waals surface area contributed by atoms with Crippen molar-refractivity contribution in [3.05, 3.63) is 36.4 Å². The standard InChI is InChI=1S/C10H10FN3/c1-14-6-8(5-13-14)7-2-3-10(12)9(11)4-7/h2-6H,12H2,1H3. The average Bonchev–Trinajstić information content (AvgIpc) is 2.57. The summed E-state index contributed by atoms with van der Waals surface area (Å²) in [6, 6.07) is 4.74. The van der Waals surface area contributed by atoms with Gasteiger partial charge in [0, 0.05) is 18.8 Å². The van der Waals surface area contributed by atoms with Crippen LogP contribution in [0.1, 0.15) is 0 Å². The van der Waals surface area contributed by atoms with Crippen LogP contribution in [0.25, 0.3) is 11.1 Å². The quantitative estimate of drug-likeness (QED) is 0.698. The molecular weight excluding hydrogens is 181 g/mol. The van der Waals surface area contributed by atoms with Crippen LogP contribution < -0.4 is 5.73 Å². The van der Waals surface area contributed by atoms with Gasteiger partial charge in [-0.05, 0) is 17.7 Å². The Bertz CT molecular complexity index is 462. The highest BCUT2D eigenvalue weighted by molar-refractivity contribution is 5.64. The first-order valence-electron chi connectivity index (χ1n) is 4.21. The Balaban J connectivity index is 2.47. The van der Waals surface area contributed by atoms with Gasteiger partial charge in [0.1, 0.15) is 5.82 Å². The predicted octanol–water partition coefficient (Wildman–Crippen LogP) is 1.81. The van der Waals surface area contributed by atoms with Crippen molar-refractivity contribution >= 4 is 5.69 Å². The number of aromatic nitrogens is 2. The number of anilines is 1. The van der Waals surface area contributed by atoms with Crippen LogP contribution in [0, 0.1) is 5.82 Å². The predicted molar refractivity (Wildman–Crippen MR) is 53.0 cm³/mol. The molecule has 0 radical (unpaired) electrons. The first kappa shape index (κ1) is 8.74. The van der Waals surface area contributed by atoms with Gasteiger partial charge in [0.05, 0.1) is 11.9 Å². The second kappa shape index (κ2) is 3.14. The van der Waals surface area contributed by atoms with Crippen LogP contribution in [0.5, 0.6) is 0 Å². The van der Waals surface area contributed by atoms with E-state index in [1.807, 2.05) is 13.2 Å². The third-order valence-corrected chi connectivity index (χ3v) is 2.04. The molecule has 0 unspecified atom stereocenters. The first-order valence-corrected chi connectivity index (χ1v) is 4.21. The molecule has 0 saturated heterocycles. The smallest absolute Gasteiger partial charge is 0.146 e. The van der Waals surface area contributed by atoms with E-state index in [0.29, 0.717) is 0 Å². The van der Waals surface area contributed by atoms with E-state index in [-0.39, 0.29) is 5.69 Å². The van der Waals surface area contributed by atoms with E-state index in [0.717, 1.165) is 11.1 Å². The Hall–Kier alpha value is -1.84. The average molecular weight is 191 g/mol. The molecule has 1 aromatic carbocycles. The van der Waals surface area contributed by atoms with Crippen molar-refractivity contribution in [2.24, 2.45) is 7.05 Å². The maximum Gasteiger partial charge on any atom is 0.146 e. The third kappa shape index (κ3) is 1.46. The molecule has 1 aromatic heterocycles. The fourth-order valence-electron chi connectivity index (χ4n) is 1.28. The summed E-state index contributed by atoms with van der Waals surface area (Å²) in [5, 5.41) is 4.01. The van der Waals surface area contributed by atoms with Crippen molar-refractivity contribution in [1.82, 2.24) is 9.78 Å². The van der Waals surface area contributed by atoms with Gasteiger partial charge < -0.3 is 5.73 Å². The number of rotatable bonds is 1. The highest BCUT2D eigenvalue weighted by Crippen LogP contribution is 2.21. The summed E-state index contributed by atoms with van der Waals surface area (Å²) < 4.78 is 14.8. The molecule has 72 valence electrons.